The van der Waals surface area contributed by atoms with E-state index >= 15 is 0 Å². The number of carbonyl (C=O) groups is 3. The van der Waals surface area contributed by atoms with E-state index in [1.165, 1.54) is 0 Å². The Balaban J connectivity index is 0.000000451. The molecule has 3 rings (SSSR count). The van der Waals surface area contributed by atoms with Crippen LogP contribution in [0.1, 0.15) is 24.4 Å². The first-order valence-electron chi connectivity index (χ1n) is 9.67. The van der Waals surface area contributed by atoms with Gasteiger partial charge in [0.2, 0.25) is 0 Å². The number of halogens is 3. The maximum Gasteiger partial charge on any atom is 0.490 e. The maximum absolute atomic E-state index is 12.7. The monoisotopic (exact) mass is 456 g/mol. The van der Waals surface area contributed by atoms with Gasteiger partial charge < -0.3 is 25.0 Å². The second kappa shape index (κ2) is 11.2. The number of amides is 2. The number of nitrogens with one attached hydrogen (secondary N) is 1. The smallest absolute Gasteiger partial charge is 0.481 e. The molecule has 2 aromatic rings. The molecule has 32 heavy (non-hydrogen) atoms. The van der Waals surface area contributed by atoms with E-state index in [0.29, 0.717) is 25.9 Å². The Labute approximate surface area is 181 Å². The van der Waals surface area contributed by atoms with Gasteiger partial charge in [-0.25, -0.2) is 14.6 Å². The number of aliphatic carboxylic acids is 2. The summed E-state index contributed by atoms with van der Waals surface area (Å²) in [4.78, 5) is 38.4. The van der Waals surface area contributed by atoms with Crippen LogP contribution in [0, 0.1) is 5.92 Å². The molecule has 174 valence electrons. The van der Waals surface area contributed by atoms with Gasteiger partial charge in [-0.3, -0.25) is 4.79 Å². The molecule has 1 saturated heterocycles. The summed E-state index contributed by atoms with van der Waals surface area (Å²) in [5.74, 6) is -4.08. The Morgan fingerprint density at radius 3 is 2.38 bits per heavy atom. The van der Waals surface area contributed by atoms with Crippen LogP contribution >= 0.6 is 0 Å². The third-order valence-electron chi connectivity index (χ3n) is 4.75. The van der Waals surface area contributed by atoms with Crippen molar-refractivity contribution in [3.05, 3.63) is 54.6 Å². The molecule has 1 aromatic heterocycles. The van der Waals surface area contributed by atoms with E-state index in [4.69, 9.17) is 9.90 Å². The molecule has 12 heteroatoms. The normalized spacial score (nSPS) is 17.0. The van der Waals surface area contributed by atoms with Crippen LogP contribution in [0.15, 0.2) is 49.1 Å². The molecule has 0 bridgehead atoms. The predicted molar refractivity (Wildman–Crippen MR) is 106 cm³/mol. The number of rotatable bonds is 5. The van der Waals surface area contributed by atoms with Crippen LogP contribution in [0.3, 0.4) is 0 Å². The lowest BCUT2D eigenvalue weighted by atomic mass is 9.98. The third kappa shape index (κ3) is 7.60. The van der Waals surface area contributed by atoms with Gasteiger partial charge in [0, 0.05) is 32.0 Å². The van der Waals surface area contributed by atoms with Crippen LogP contribution in [0.4, 0.5) is 18.0 Å². The molecule has 2 atom stereocenters. The molecule has 0 spiro atoms. The standard InChI is InChI=1S/C18H22N4O3.C2HF3O2/c23-17(24)15-7-4-9-22(11-15)18(25)20-16(12-21-10-8-19-13-21)14-5-2-1-3-6-14;3-2(4,5)1(6)7/h1-3,5-6,8,10,13,15-16H,4,7,9,11-12H2,(H,20,25)(H,23,24);(H,6,7)/t15-,16?;/m0./s1. The van der Waals surface area contributed by atoms with Gasteiger partial charge in [-0.15, -0.1) is 0 Å². The number of carboxylic acid groups (broad SMARTS) is 2. The third-order valence-corrected chi connectivity index (χ3v) is 4.75. The zero-order valence-corrected chi connectivity index (χ0v) is 16.9. The lowest BCUT2D eigenvalue weighted by molar-refractivity contribution is -0.192. The highest BCUT2D eigenvalue weighted by Gasteiger charge is 2.38. The fourth-order valence-electron chi connectivity index (χ4n) is 3.13. The summed E-state index contributed by atoms with van der Waals surface area (Å²) < 4.78 is 33.6. The summed E-state index contributed by atoms with van der Waals surface area (Å²) >= 11 is 0. The molecule has 1 fully saturated rings. The second-order valence-electron chi connectivity index (χ2n) is 7.10. The van der Waals surface area contributed by atoms with E-state index in [0.717, 1.165) is 5.56 Å². The minimum atomic E-state index is -5.08. The minimum Gasteiger partial charge on any atom is -0.481 e. The Morgan fingerprint density at radius 2 is 1.84 bits per heavy atom. The second-order valence-corrected chi connectivity index (χ2v) is 7.10. The first-order valence-corrected chi connectivity index (χ1v) is 9.67. The number of piperidine rings is 1. The van der Waals surface area contributed by atoms with Crippen LogP contribution < -0.4 is 5.32 Å². The van der Waals surface area contributed by atoms with Crippen molar-refractivity contribution in [2.24, 2.45) is 5.92 Å². The van der Waals surface area contributed by atoms with Crippen molar-refractivity contribution in [2.45, 2.75) is 31.6 Å². The molecule has 1 aliphatic heterocycles. The van der Waals surface area contributed by atoms with Gasteiger partial charge >= 0.3 is 24.1 Å². The first-order chi connectivity index (χ1) is 15.1. The van der Waals surface area contributed by atoms with Gasteiger partial charge in [0.15, 0.2) is 0 Å². The van der Waals surface area contributed by atoms with Crippen LogP contribution in [0.25, 0.3) is 0 Å². The molecule has 9 nitrogen and oxygen atoms in total. The van der Waals surface area contributed by atoms with Crippen molar-refractivity contribution in [1.82, 2.24) is 19.8 Å². The molecule has 0 radical (unpaired) electrons. The van der Waals surface area contributed by atoms with Gasteiger partial charge in [0.05, 0.1) is 18.3 Å². The zero-order chi connectivity index (χ0) is 23.7. The summed E-state index contributed by atoms with van der Waals surface area (Å²) in [6, 6.07) is 9.30. The molecule has 1 aliphatic rings. The molecule has 0 aliphatic carbocycles. The number of likely N-dealkylation sites (tertiary alicyclic amines) is 1. The van der Waals surface area contributed by atoms with Crippen molar-refractivity contribution >= 4 is 18.0 Å². The SMILES string of the molecule is O=C(O)C(F)(F)F.O=C(O)[C@H]1CCCN(C(=O)NC(Cn2ccnc2)c2ccccc2)C1. The Kier molecular flexibility index (Phi) is 8.62. The number of hydrogen-bond donors (Lipinski definition) is 3. The van der Waals surface area contributed by atoms with E-state index in [-0.39, 0.29) is 18.6 Å². The summed E-state index contributed by atoms with van der Waals surface area (Å²) in [5, 5.41) is 19.4. The average Bonchev–Trinajstić information content (AvgIpc) is 3.27. The molecule has 2 heterocycles. The molecule has 0 saturated carbocycles. The number of carbonyl (C=O) groups excluding carboxylic acids is 1. The highest BCUT2D eigenvalue weighted by Crippen LogP contribution is 2.19. The first kappa shape index (κ1) is 24.7. The van der Waals surface area contributed by atoms with Gasteiger partial charge in [-0.2, -0.15) is 13.2 Å². The van der Waals surface area contributed by atoms with Gasteiger partial charge in [-0.05, 0) is 18.4 Å². The van der Waals surface area contributed by atoms with Crippen molar-refractivity contribution in [3.63, 3.8) is 0 Å². The highest BCUT2D eigenvalue weighted by atomic mass is 19.4. The number of aromatic nitrogens is 2. The number of nitrogens with zero attached hydrogens (tertiary/aromatic N) is 3. The van der Waals surface area contributed by atoms with Crippen molar-refractivity contribution in [1.29, 1.82) is 0 Å². The number of hydrogen-bond acceptors (Lipinski definition) is 4. The van der Waals surface area contributed by atoms with E-state index in [2.05, 4.69) is 10.3 Å². The molecule has 2 amide bonds. The van der Waals surface area contributed by atoms with Crippen LogP contribution in [-0.2, 0) is 16.1 Å². The number of imidazole rings is 1. The zero-order valence-electron chi connectivity index (χ0n) is 16.9. The topological polar surface area (TPSA) is 125 Å². The van der Waals surface area contributed by atoms with E-state index in [9.17, 15) is 27.9 Å². The van der Waals surface area contributed by atoms with E-state index in [1.807, 2.05) is 41.1 Å². The molecule has 1 unspecified atom stereocenters. The summed E-state index contributed by atoms with van der Waals surface area (Å²) in [5.41, 5.74) is 0.997. The minimum absolute atomic E-state index is 0.215. The number of benzene rings is 1. The summed E-state index contributed by atoms with van der Waals surface area (Å²) in [6.45, 7) is 1.40. The Bertz CT molecular complexity index is 890. The Morgan fingerprint density at radius 1 is 1.19 bits per heavy atom. The van der Waals surface area contributed by atoms with Crippen molar-refractivity contribution in [2.75, 3.05) is 13.1 Å². The van der Waals surface area contributed by atoms with Gasteiger partial charge in [-0.1, -0.05) is 30.3 Å². The summed E-state index contributed by atoms with van der Waals surface area (Å²) in [7, 11) is 0. The predicted octanol–water partition coefficient (Wildman–Crippen LogP) is 2.76. The number of carboxylic acids is 2. The van der Waals surface area contributed by atoms with E-state index < -0.39 is 24.0 Å². The molecule has 1 aromatic carbocycles. The fraction of sp³-hybridized carbons (Fsp3) is 0.400. The van der Waals surface area contributed by atoms with Crippen molar-refractivity contribution in [3.8, 4) is 0 Å². The molecular formula is C20H23F3N4O5. The lowest BCUT2D eigenvalue weighted by Crippen LogP contribution is -2.48. The lowest BCUT2D eigenvalue weighted by Gasteiger charge is -2.32. The molecular weight excluding hydrogens is 433 g/mol. The van der Waals surface area contributed by atoms with E-state index in [1.54, 1.807) is 17.4 Å². The van der Waals surface area contributed by atoms with Crippen LogP contribution in [0.2, 0.25) is 0 Å². The Hall–Kier alpha value is -3.57. The van der Waals surface area contributed by atoms with Crippen LogP contribution in [0.5, 0.6) is 0 Å². The largest absolute Gasteiger partial charge is 0.490 e. The quantitative estimate of drug-likeness (QED) is 0.636. The molecule has 3 N–H and O–H groups in total. The maximum atomic E-state index is 12.7. The number of alkyl halides is 3. The fourth-order valence-corrected chi connectivity index (χ4v) is 3.13. The number of urea groups is 1. The van der Waals surface area contributed by atoms with Gasteiger partial charge in [0.25, 0.3) is 0 Å². The van der Waals surface area contributed by atoms with Crippen LogP contribution in [-0.4, -0.2) is 61.9 Å². The average molecular weight is 456 g/mol. The summed E-state index contributed by atoms with van der Waals surface area (Å²) in [6.07, 6.45) is 1.51. The highest BCUT2D eigenvalue weighted by molar-refractivity contribution is 5.77. The van der Waals surface area contributed by atoms with Gasteiger partial charge in [0.1, 0.15) is 0 Å². The van der Waals surface area contributed by atoms with Crippen molar-refractivity contribution < 1.29 is 37.8 Å².